The summed E-state index contributed by atoms with van der Waals surface area (Å²) in [6.45, 7) is 4.47. The number of aromatic amines is 1. The summed E-state index contributed by atoms with van der Waals surface area (Å²) in [4.78, 5) is 25.1. The molecule has 7 heteroatoms. The summed E-state index contributed by atoms with van der Waals surface area (Å²) in [5.41, 5.74) is 4.65. The number of hydrogen-bond acceptors (Lipinski definition) is 5. The third-order valence-corrected chi connectivity index (χ3v) is 2.90. The first-order valence-electron chi connectivity index (χ1n) is 5.72. The van der Waals surface area contributed by atoms with Crippen LogP contribution in [0.3, 0.4) is 0 Å². The Hall–Kier alpha value is -1.76. The van der Waals surface area contributed by atoms with Crippen molar-refractivity contribution in [3.05, 3.63) is 20.8 Å². The van der Waals surface area contributed by atoms with Gasteiger partial charge in [-0.25, -0.2) is 4.79 Å². The van der Waals surface area contributed by atoms with E-state index >= 15 is 0 Å². The summed E-state index contributed by atoms with van der Waals surface area (Å²) in [6.07, 6.45) is 0.601. The van der Waals surface area contributed by atoms with Crippen LogP contribution in [-0.4, -0.2) is 27.8 Å². The molecule has 0 atom stereocenters. The van der Waals surface area contributed by atoms with Gasteiger partial charge in [0.2, 0.25) is 0 Å². The Kier molecular flexibility index (Phi) is 4.18. The van der Waals surface area contributed by atoms with Gasteiger partial charge >= 0.3 is 5.69 Å². The van der Waals surface area contributed by atoms with Crippen LogP contribution in [0.2, 0.25) is 0 Å². The SMILES string of the molecule is Cn1c(N)c(NCC(C)(C)CCO)c(=O)[nH]c1=O. The van der Waals surface area contributed by atoms with Gasteiger partial charge in [-0.3, -0.25) is 14.3 Å². The van der Waals surface area contributed by atoms with Crippen LogP contribution in [0.1, 0.15) is 20.3 Å². The molecular formula is C11H20N4O3. The zero-order valence-corrected chi connectivity index (χ0v) is 10.9. The van der Waals surface area contributed by atoms with Crippen molar-refractivity contribution in [3.8, 4) is 0 Å². The molecule has 0 aliphatic rings. The van der Waals surface area contributed by atoms with E-state index in [-0.39, 0.29) is 23.5 Å². The third-order valence-electron chi connectivity index (χ3n) is 2.90. The Labute approximate surface area is 105 Å². The summed E-state index contributed by atoms with van der Waals surface area (Å²) >= 11 is 0. The fourth-order valence-corrected chi connectivity index (χ4v) is 1.53. The molecule has 0 aromatic carbocycles. The van der Waals surface area contributed by atoms with E-state index in [2.05, 4.69) is 10.3 Å². The molecule has 1 heterocycles. The lowest BCUT2D eigenvalue weighted by molar-refractivity contribution is 0.220. The smallest absolute Gasteiger partial charge is 0.329 e. The lowest BCUT2D eigenvalue weighted by Crippen LogP contribution is -2.34. The van der Waals surface area contributed by atoms with Gasteiger partial charge in [0.1, 0.15) is 11.5 Å². The van der Waals surface area contributed by atoms with Gasteiger partial charge in [-0.15, -0.1) is 0 Å². The van der Waals surface area contributed by atoms with Crippen molar-refractivity contribution in [3.63, 3.8) is 0 Å². The molecule has 0 radical (unpaired) electrons. The number of nitrogen functional groups attached to an aromatic ring is 1. The van der Waals surface area contributed by atoms with Crippen molar-refractivity contribution >= 4 is 11.5 Å². The molecule has 0 saturated heterocycles. The minimum atomic E-state index is -0.544. The molecule has 1 aromatic heterocycles. The van der Waals surface area contributed by atoms with E-state index < -0.39 is 11.2 Å². The Morgan fingerprint density at radius 2 is 2.06 bits per heavy atom. The third kappa shape index (κ3) is 3.13. The Bertz CT molecular complexity index is 530. The second-order valence-electron chi connectivity index (χ2n) is 5.07. The molecule has 5 N–H and O–H groups in total. The molecule has 0 bridgehead atoms. The monoisotopic (exact) mass is 256 g/mol. The largest absolute Gasteiger partial charge is 0.396 e. The lowest BCUT2D eigenvalue weighted by Gasteiger charge is -2.24. The summed E-state index contributed by atoms with van der Waals surface area (Å²) in [6, 6.07) is 0. The molecule has 1 aromatic rings. The highest BCUT2D eigenvalue weighted by molar-refractivity contribution is 5.60. The highest BCUT2D eigenvalue weighted by Gasteiger charge is 2.19. The number of aromatic nitrogens is 2. The van der Waals surface area contributed by atoms with Crippen LogP contribution in [0.15, 0.2) is 9.59 Å². The maximum Gasteiger partial charge on any atom is 0.329 e. The van der Waals surface area contributed by atoms with E-state index in [4.69, 9.17) is 10.8 Å². The summed E-state index contributed by atoms with van der Waals surface area (Å²) in [7, 11) is 1.48. The topological polar surface area (TPSA) is 113 Å². The molecule has 0 aliphatic heterocycles. The van der Waals surface area contributed by atoms with E-state index in [1.54, 1.807) is 0 Å². The quantitative estimate of drug-likeness (QED) is 0.566. The fourth-order valence-electron chi connectivity index (χ4n) is 1.53. The lowest BCUT2D eigenvalue weighted by atomic mass is 9.90. The minimum absolute atomic E-state index is 0.0772. The number of nitrogens with two attached hydrogens (primary N) is 1. The number of nitrogens with zero attached hydrogens (tertiary/aromatic N) is 1. The molecule has 0 aliphatic carbocycles. The van der Waals surface area contributed by atoms with E-state index in [1.165, 1.54) is 11.6 Å². The first-order chi connectivity index (χ1) is 8.28. The minimum Gasteiger partial charge on any atom is -0.396 e. The number of rotatable bonds is 5. The molecule has 18 heavy (non-hydrogen) atoms. The van der Waals surface area contributed by atoms with Crippen LogP contribution in [0.4, 0.5) is 11.5 Å². The highest BCUT2D eigenvalue weighted by atomic mass is 16.3. The van der Waals surface area contributed by atoms with Gasteiger partial charge in [0.25, 0.3) is 5.56 Å². The summed E-state index contributed by atoms with van der Waals surface area (Å²) < 4.78 is 1.17. The maximum atomic E-state index is 11.6. The van der Waals surface area contributed by atoms with Crippen molar-refractivity contribution in [2.24, 2.45) is 12.5 Å². The molecule has 0 unspecified atom stereocenters. The molecular weight excluding hydrogens is 236 g/mol. The standard InChI is InChI=1S/C11H20N4O3/c1-11(2,4-5-16)6-13-7-8(12)15(3)10(18)14-9(7)17/h13,16H,4-6,12H2,1-3H3,(H,14,17,18). The number of aliphatic hydroxyl groups excluding tert-OH is 1. The van der Waals surface area contributed by atoms with Crippen LogP contribution in [0.5, 0.6) is 0 Å². The molecule has 0 spiro atoms. The highest BCUT2D eigenvalue weighted by Crippen LogP contribution is 2.20. The maximum absolute atomic E-state index is 11.6. The number of aliphatic hydroxyl groups is 1. The normalized spacial score (nSPS) is 11.6. The zero-order chi connectivity index (χ0) is 13.9. The molecule has 1 rings (SSSR count). The van der Waals surface area contributed by atoms with E-state index in [1.807, 2.05) is 13.8 Å². The van der Waals surface area contributed by atoms with Gasteiger partial charge in [0.05, 0.1) is 0 Å². The molecule has 0 fully saturated rings. The van der Waals surface area contributed by atoms with Gasteiger partial charge < -0.3 is 16.2 Å². The summed E-state index contributed by atoms with van der Waals surface area (Å²) in [5.74, 6) is 0.101. The van der Waals surface area contributed by atoms with Crippen molar-refractivity contribution in [2.75, 3.05) is 24.2 Å². The average Bonchev–Trinajstić information content (AvgIpc) is 2.25. The zero-order valence-electron chi connectivity index (χ0n) is 10.9. The van der Waals surface area contributed by atoms with Crippen molar-refractivity contribution in [2.45, 2.75) is 20.3 Å². The second-order valence-corrected chi connectivity index (χ2v) is 5.07. The predicted octanol–water partition coefficient (Wildman–Crippen LogP) is -0.524. The van der Waals surface area contributed by atoms with Crippen LogP contribution < -0.4 is 22.3 Å². The molecule has 0 saturated carbocycles. The Balaban J connectivity index is 2.96. The van der Waals surface area contributed by atoms with Crippen LogP contribution >= 0.6 is 0 Å². The molecule has 7 nitrogen and oxygen atoms in total. The van der Waals surface area contributed by atoms with Gasteiger partial charge in [-0.1, -0.05) is 13.8 Å². The summed E-state index contributed by atoms with van der Waals surface area (Å²) in [5, 5.41) is 11.9. The van der Waals surface area contributed by atoms with E-state index in [9.17, 15) is 9.59 Å². The van der Waals surface area contributed by atoms with E-state index in [0.29, 0.717) is 13.0 Å². The first kappa shape index (κ1) is 14.3. The first-order valence-corrected chi connectivity index (χ1v) is 5.72. The number of H-pyrrole nitrogens is 1. The van der Waals surface area contributed by atoms with Gasteiger partial charge in [0.15, 0.2) is 0 Å². The van der Waals surface area contributed by atoms with Crippen LogP contribution in [-0.2, 0) is 7.05 Å². The second kappa shape index (κ2) is 5.26. The van der Waals surface area contributed by atoms with Gasteiger partial charge in [-0.05, 0) is 11.8 Å². The van der Waals surface area contributed by atoms with Crippen molar-refractivity contribution in [1.29, 1.82) is 0 Å². The fraction of sp³-hybridized carbons (Fsp3) is 0.636. The molecule has 102 valence electrons. The number of hydrogen-bond donors (Lipinski definition) is 4. The van der Waals surface area contributed by atoms with Gasteiger partial charge in [-0.2, -0.15) is 0 Å². The van der Waals surface area contributed by atoms with Crippen molar-refractivity contribution < 1.29 is 5.11 Å². The average molecular weight is 256 g/mol. The Morgan fingerprint density at radius 3 is 2.61 bits per heavy atom. The number of anilines is 2. The van der Waals surface area contributed by atoms with Gasteiger partial charge in [0, 0.05) is 20.2 Å². The van der Waals surface area contributed by atoms with Crippen LogP contribution in [0, 0.1) is 5.41 Å². The number of nitrogens with one attached hydrogen (secondary N) is 2. The predicted molar refractivity (Wildman–Crippen MR) is 70.7 cm³/mol. The van der Waals surface area contributed by atoms with Crippen LogP contribution in [0.25, 0.3) is 0 Å². The van der Waals surface area contributed by atoms with E-state index in [0.717, 1.165) is 0 Å². The van der Waals surface area contributed by atoms with Crippen molar-refractivity contribution in [1.82, 2.24) is 9.55 Å². The Morgan fingerprint density at radius 1 is 1.44 bits per heavy atom. The molecule has 0 amide bonds.